The maximum Gasteiger partial charge on any atom is 0.329 e. The van der Waals surface area contributed by atoms with Crippen molar-refractivity contribution in [3.05, 3.63) is 24.0 Å². The van der Waals surface area contributed by atoms with E-state index >= 15 is 0 Å². The maximum atomic E-state index is 12.1. The number of hydrogen-bond acceptors (Lipinski definition) is 2. The Morgan fingerprint density at radius 2 is 2.11 bits per heavy atom. The highest BCUT2D eigenvalue weighted by Gasteiger charge is 2.33. The molecule has 0 fully saturated rings. The summed E-state index contributed by atoms with van der Waals surface area (Å²) in [4.78, 5) is 23.2. The van der Waals surface area contributed by atoms with Gasteiger partial charge in [0.15, 0.2) is 0 Å². The van der Waals surface area contributed by atoms with Crippen molar-refractivity contribution in [3.63, 3.8) is 0 Å². The van der Waals surface area contributed by atoms with Crippen molar-refractivity contribution < 1.29 is 14.7 Å². The van der Waals surface area contributed by atoms with Gasteiger partial charge in [-0.2, -0.15) is 0 Å². The van der Waals surface area contributed by atoms with Crippen LogP contribution in [-0.4, -0.2) is 27.1 Å². The molecule has 1 rings (SSSR count). The number of nitrogens with zero attached hydrogens (tertiary/aromatic N) is 1. The predicted octanol–water partition coefficient (Wildman–Crippen LogP) is 1.88. The molecule has 5 heteroatoms. The van der Waals surface area contributed by atoms with Crippen molar-refractivity contribution >= 4 is 11.9 Å². The van der Waals surface area contributed by atoms with Gasteiger partial charge < -0.3 is 15.0 Å². The van der Waals surface area contributed by atoms with E-state index in [0.29, 0.717) is 12.1 Å². The molecule has 0 aliphatic carbocycles. The van der Waals surface area contributed by atoms with Crippen molar-refractivity contribution in [2.45, 2.75) is 45.7 Å². The Labute approximate surface area is 107 Å². The smallest absolute Gasteiger partial charge is 0.329 e. The summed E-state index contributed by atoms with van der Waals surface area (Å²) in [6.45, 7) is 6.01. The molecule has 1 aromatic rings. The summed E-state index contributed by atoms with van der Waals surface area (Å²) in [5.41, 5.74) is -0.726. The number of aryl methyl sites for hydroxylation is 1. The Kier molecular flexibility index (Phi) is 4.53. The van der Waals surface area contributed by atoms with Crippen molar-refractivity contribution in [2.75, 3.05) is 0 Å². The molecule has 0 aliphatic rings. The number of aliphatic carboxylic acids is 1. The molecule has 0 bridgehead atoms. The molecule has 0 aromatic carbocycles. The summed E-state index contributed by atoms with van der Waals surface area (Å²) in [6.07, 6.45) is 3.07. The second-order valence-electron chi connectivity index (χ2n) is 4.53. The van der Waals surface area contributed by atoms with E-state index in [-0.39, 0.29) is 5.91 Å². The molecule has 100 valence electrons. The van der Waals surface area contributed by atoms with E-state index in [1.165, 1.54) is 6.92 Å². The Hall–Kier alpha value is -1.78. The minimum absolute atomic E-state index is 0.336. The van der Waals surface area contributed by atoms with Crippen molar-refractivity contribution in [2.24, 2.45) is 0 Å². The number of amides is 1. The topological polar surface area (TPSA) is 71.3 Å². The second-order valence-corrected chi connectivity index (χ2v) is 4.53. The van der Waals surface area contributed by atoms with Gasteiger partial charge in [0, 0.05) is 12.7 Å². The molecule has 2 N–H and O–H groups in total. The Morgan fingerprint density at radius 3 is 2.61 bits per heavy atom. The number of aromatic nitrogens is 1. The summed E-state index contributed by atoms with van der Waals surface area (Å²) < 4.78 is 1.83. The summed E-state index contributed by atoms with van der Waals surface area (Å²) in [7, 11) is 0. The van der Waals surface area contributed by atoms with E-state index in [9.17, 15) is 9.59 Å². The number of rotatable bonds is 6. The van der Waals surface area contributed by atoms with Gasteiger partial charge >= 0.3 is 5.97 Å². The number of carboxylic acids is 1. The van der Waals surface area contributed by atoms with Crippen LogP contribution in [-0.2, 0) is 11.3 Å². The van der Waals surface area contributed by atoms with Crippen molar-refractivity contribution in [1.29, 1.82) is 0 Å². The third-order valence-electron chi connectivity index (χ3n) is 3.10. The first-order valence-corrected chi connectivity index (χ1v) is 6.15. The average Bonchev–Trinajstić information content (AvgIpc) is 2.77. The monoisotopic (exact) mass is 252 g/mol. The molecule has 0 aliphatic heterocycles. The maximum absolute atomic E-state index is 12.1. The molecule has 1 aromatic heterocycles. The zero-order chi connectivity index (χ0) is 13.8. The molecule has 0 saturated carbocycles. The van der Waals surface area contributed by atoms with Gasteiger partial charge in [-0.1, -0.05) is 13.8 Å². The number of hydrogen-bond donors (Lipinski definition) is 2. The van der Waals surface area contributed by atoms with Crippen LogP contribution in [0.2, 0.25) is 0 Å². The minimum atomic E-state index is -1.22. The van der Waals surface area contributed by atoms with E-state index in [4.69, 9.17) is 5.11 Å². The lowest BCUT2D eigenvalue weighted by molar-refractivity contribution is -0.143. The first kappa shape index (κ1) is 14.3. The van der Waals surface area contributed by atoms with Crippen molar-refractivity contribution in [3.8, 4) is 0 Å². The highest BCUT2D eigenvalue weighted by Crippen LogP contribution is 2.12. The van der Waals surface area contributed by atoms with E-state index in [2.05, 4.69) is 5.32 Å². The fourth-order valence-corrected chi connectivity index (χ4v) is 1.66. The Morgan fingerprint density at radius 1 is 1.44 bits per heavy atom. The molecule has 1 heterocycles. The summed E-state index contributed by atoms with van der Waals surface area (Å²) in [5.74, 6) is -1.37. The van der Waals surface area contributed by atoms with Gasteiger partial charge in [0.25, 0.3) is 5.91 Å². The van der Waals surface area contributed by atoms with Gasteiger partial charge in [-0.15, -0.1) is 0 Å². The number of nitrogens with one attached hydrogen (secondary N) is 1. The highest BCUT2D eigenvalue weighted by molar-refractivity contribution is 5.96. The number of carbonyl (C=O) groups is 2. The highest BCUT2D eigenvalue weighted by atomic mass is 16.4. The van der Waals surface area contributed by atoms with Gasteiger partial charge in [-0.05, 0) is 31.9 Å². The quantitative estimate of drug-likeness (QED) is 0.812. The fraction of sp³-hybridized carbons (Fsp3) is 0.538. The standard InChI is InChI=1S/C13H20N2O3/c1-4-8-15-9-6-7-10(15)11(16)14-13(3,5-2)12(17)18/h6-7,9H,4-5,8H2,1-3H3,(H,14,16)(H,17,18). The van der Waals surface area contributed by atoms with E-state index in [1.807, 2.05) is 17.7 Å². The Bertz CT molecular complexity index is 439. The van der Waals surface area contributed by atoms with E-state index in [1.54, 1.807) is 19.1 Å². The normalized spacial score (nSPS) is 13.9. The van der Waals surface area contributed by atoms with Crippen LogP contribution in [0.25, 0.3) is 0 Å². The van der Waals surface area contributed by atoms with Crippen molar-refractivity contribution in [1.82, 2.24) is 9.88 Å². The zero-order valence-corrected chi connectivity index (χ0v) is 11.1. The lowest BCUT2D eigenvalue weighted by Crippen LogP contribution is -2.52. The van der Waals surface area contributed by atoms with Gasteiger partial charge in [-0.25, -0.2) is 4.79 Å². The third kappa shape index (κ3) is 2.91. The minimum Gasteiger partial charge on any atom is -0.480 e. The molecule has 5 nitrogen and oxygen atoms in total. The predicted molar refractivity (Wildman–Crippen MR) is 68.5 cm³/mol. The van der Waals surface area contributed by atoms with E-state index in [0.717, 1.165) is 13.0 Å². The van der Waals surface area contributed by atoms with Crippen LogP contribution >= 0.6 is 0 Å². The number of carboxylic acid groups (broad SMARTS) is 1. The molecule has 1 unspecified atom stereocenters. The van der Waals surface area contributed by atoms with Gasteiger partial charge in [-0.3, -0.25) is 4.79 Å². The SMILES string of the molecule is CCCn1cccc1C(=O)NC(C)(CC)C(=O)O. The fourth-order valence-electron chi connectivity index (χ4n) is 1.66. The molecule has 1 atom stereocenters. The first-order chi connectivity index (χ1) is 8.44. The van der Waals surface area contributed by atoms with Gasteiger partial charge in [0.1, 0.15) is 11.2 Å². The summed E-state index contributed by atoms with van der Waals surface area (Å²) >= 11 is 0. The molecule has 0 radical (unpaired) electrons. The molecular formula is C13H20N2O3. The molecule has 1 amide bonds. The van der Waals surface area contributed by atoms with Crippen LogP contribution in [0.5, 0.6) is 0 Å². The van der Waals surface area contributed by atoms with Gasteiger partial charge in [0.2, 0.25) is 0 Å². The molecular weight excluding hydrogens is 232 g/mol. The van der Waals surface area contributed by atoms with Crippen LogP contribution in [0.4, 0.5) is 0 Å². The van der Waals surface area contributed by atoms with Crippen LogP contribution in [0.3, 0.4) is 0 Å². The summed E-state index contributed by atoms with van der Waals surface area (Å²) in [6, 6.07) is 3.48. The molecule has 0 spiro atoms. The lowest BCUT2D eigenvalue weighted by Gasteiger charge is -2.24. The molecule has 18 heavy (non-hydrogen) atoms. The second kappa shape index (κ2) is 5.71. The van der Waals surface area contributed by atoms with Gasteiger partial charge in [0.05, 0.1) is 0 Å². The lowest BCUT2D eigenvalue weighted by atomic mass is 9.99. The number of carbonyl (C=O) groups excluding carboxylic acids is 1. The molecule has 0 saturated heterocycles. The van der Waals surface area contributed by atoms with E-state index < -0.39 is 11.5 Å². The zero-order valence-electron chi connectivity index (χ0n) is 11.1. The van der Waals surface area contributed by atoms with Crippen LogP contribution in [0, 0.1) is 0 Å². The summed E-state index contributed by atoms with van der Waals surface area (Å²) in [5, 5.41) is 11.7. The Balaban J connectivity index is 2.88. The third-order valence-corrected chi connectivity index (χ3v) is 3.10. The van der Waals surface area contributed by atoms with Crippen LogP contribution in [0.15, 0.2) is 18.3 Å². The average molecular weight is 252 g/mol. The largest absolute Gasteiger partial charge is 0.480 e. The van der Waals surface area contributed by atoms with Crippen LogP contribution < -0.4 is 5.32 Å². The van der Waals surface area contributed by atoms with Crippen LogP contribution in [0.1, 0.15) is 44.1 Å². The first-order valence-electron chi connectivity index (χ1n) is 6.15.